The van der Waals surface area contributed by atoms with Crippen LogP contribution in [0.3, 0.4) is 0 Å². The molecule has 9 nitrogen and oxygen atoms in total. The Labute approximate surface area is 188 Å². The zero-order valence-electron chi connectivity index (χ0n) is 17.9. The van der Waals surface area contributed by atoms with Gasteiger partial charge in [0.15, 0.2) is 0 Å². The molecule has 0 bridgehead atoms. The Kier molecular flexibility index (Phi) is 7.96. The van der Waals surface area contributed by atoms with Crippen LogP contribution in [-0.4, -0.2) is 67.3 Å². The molecule has 1 amide bonds. The number of carbonyl (C=O) groups excluding carboxylic acids is 3. The van der Waals surface area contributed by atoms with Gasteiger partial charge in [0.2, 0.25) is 5.91 Å². The molecule has 1 aromatic carbocycles. The summed E-state index contributed by atoms with van der Waals surface area (Å²) in [4.78, 5) is 51.0. The van der Waals surface area contributed by atoms with Crippen molar-refractivity contribution in [2.45, 2.75) is 13.5 Å². The van der Waals surface area contributed by atoms with E-state index in [1.54, 1.807) is 42.2 Å². The molecular weight excluding hydrogens is 436 g/mol. The summed E-state index contributed by atoms with van der Waals surface area (Å²) in [6, 6.07) is 6.56. The average Bonchev–Trinajstić information content (AvgIpc) is 3.08. The van der Waals surface area contributed by atoms with E-state index >= 15 is 0 Å². The van der Waals surface area contributed by atoms with Crippen molar-refractivity contribution in [1.82, 2.24) is 9.47 Å². The molecule has 10 heteroatoms. The van der Waals surface area contributed by atoms with Crippen molar-refractivity contribution >= 4 is 41.3 Å². The van der Waals surface area contributed by atoms with Crippen molar-refractivity contribution in [2.75, 3.05) is 40.0 Å². The smallest absolute Gasteiger partial charge is 0.337 e. The zero-order valence-corrected chi connectivity index (χ0v) is 18.7. The van der Waals surface area contributed by atoms with Gasteiger partial charge in [-0.25, -0.2) is 9.59 Å². The van der Waals surface area contributed by atoms with Gasteiger partial charge < -0.3 is 19.1 Å². The van der Waals surface area contributed by atoms with E-state index in [-0.39, 0.29) is 24.6 Å². The summed E-state index contributed by atoms with van der Waals surface area (Å²) in [5.74, 6) is -1.26. The third-order valence-corrected chi connectivity index (χ3v) is 5.81. The Bertz CT molecular complexity index is 1160. The van der Waals surface area contributed by atoms with E-state index in [2.05, 4.69) is 4.74 Å². The van der Waals surface area contributed by atoms with Gasteiger partial charge in [-0.1, -0.05) is 12.1 Å². The summed E-state index contributed by atoms with van der Waals surface area (Å²) in [5.41, 5.74) is 0.690. The first-order valence-electron chi connectivity index (χ1n) is 10.1. The number of morpholine rings is 1. The molecular formula is C22H24N2O7S. The minimum absolute atomic E-state index is 0.185. The molecule has 1 aromatic heterocycles. The molecule has 32 heavy (non-hydrogen) atoms. The van der Waals surface area contributed by atoms with Crippen LogP contribution in [-0.2, 0) is 30.3 Å². The van der Waals surface area contributed by atoms with Gasteiger partial charge in [-0.2, -0.15) is 0 Å². The predicted octanol–water partition coefficient (Wildman–Crippen LogP) is -0.272. The fraction of sp³-hybridized carbons (Fsp3) is 0.364. The highest BCUT2D eigenvalue weighted by molar-refractivity contribution is 7.07. The van der Waals surface area contributed by atoms with Gasteiger partial charge in [0.1, 0.15) is 11.2 Å². The minimum atomic E-state index is -0.588. The lowest BCUT2D eigenvalue weighted by molar-refractivity contribution is -0.136. The van der Waals surface area contributed by atoms with Crippen molar-refractivity contribution in [3.63, 3.8) is 0 Å². The molecule has 0 spiro atoms. The summed E-state index contributed by atoms with van der Waals surface area (Å²) >= 11 is 1.09. The fourth-order valence-electron chi connectivity index (χ4n) is 3.11. The first kappa shape index (κ1) is 23.4. The highest BCUT2D eigenvalue weighted by Crippen LogP contribution is 2.06. The van der Waals surface area contributed by atoms with Crippen LogP contribution in [0.5, 0.6) is 0 Å². The fourth-order valence-corrected chi connectivity index (χ4v) is 4.14. The molecule has 0 unspecified atom stereocenters. The quantitative estimate of drug-likeness (QED) is 0.547. The van der Waals surface area contributed by atoms with Gasteiger partial charge in [0.05, 0.1) is 43.1 Å². The van der Waals surface area contributed by atoms with Crippen LogP contribution in [0.4, 0.5) is 0 Å². The van der Waals surface area contributed by atoms with Crippen LogP contribution >= 0.6 is 11.3 Å². The number of thiazole rings is 1. The Morgan fingerprint density at radius 1 is 1.16 bits per heavy atom. The molecule has 0 N–H and O–H groups in total. The van der Waals surface area contributed by atoms with Crippen molar-refractivity contribution < 1.29 is 28.6 Å². The number of ether oxygens (including phenoxy) is 3. The van der Waals surface area contributed by atoms with Crippen molar-refractivity contribution in [2.24, 2.45) is 0 Å². The van der Waals surface area contributed by atoms with E-state index in [9.17, 15) is 19.2 Å². The topological polar surface area (TPSA) is 104 Å². The van der Waals surface area contributed by atoms with Crippen molar-refractivity contribution in [3.8, 4) is 0 Å². The van der Waals surface area contributed by atoms with Crippen LogP contribution in [0.2, 0.25) is 0 Å². The van der Waals surface area contributed by atoms with Crippen LogP contribution in [0.1, 0.15) is 22.8 Å². The molecule has 0 radical (unpaired) electrons. The second kappa shape index (κ2) is 10.9. The Morgan fingerprint density at radius 2 is 1.84 bits per heavy atom. The maximum Gasteiger partial charge on any atom is 0.337 e. The normalized spacial score (nSPS) is 15.0. The number of rotatable bonds is 6. The van der Waals surface area contributed by atoms with Crippen LogP contribution in [0.25, 0.3) is 12.2 Å². The van der Waals surface area contributed by atoms with Gasteiger partial charge in [-0.05, 0) is 30.7 Å². The summed E-state index contributed by atoms with van der Waals surface area (Å²) < 4.78 is 16.9. The maximum atomic E-state index is 13.1. The Hall–Kier alpha value is -3.24. The number of hydrogen-bond donors (Lipinski definition) is 0. The Balaban J connectivity index is 1.99. The second-order valence-electron chi connectivity index (χ2n) is 6.84. The number of aromatic nitrogens is 1. The highest BCUT2D eigenvalue weighted by Gasteiger charge is 2.19. The van der Waals surface area contributed by atoms with Crippen LogP contribution < -0.4 is 14.8 Å². The number of carbonyl (C=O) groups is 3. The molecule has 0 saturated carbocycles. The highest BCUT2D eigenvalue weighted by atomic mass is 32.1. The van der Waals surface area contributed by atoms with Gasteiger partial charge in [-0.15, -0.1) is 11.3 Å². The molecule has 1 fully saturated rings. The van der Waals surface area contributed by atoms with Gasteiger partial charge >= 0.3 is 11.9 Å². The molecule has 0 atom stereocenters. The zero-order chi connectivity index (χ0) is 23.1. The van der Waals surface area contributed by atoms with Crippen molar-refractivity contribution in [3.05, 3.63) is 54.9 Å². The molecule has 0 aliphatic carbocycles. The first-order valence-corrected chi connectivity index (χ1v) is 10.9. The number of hydrogen-bond acceptors (Lipinski definition) is 8. The third-order valence-electron chi connectivity index (χ3n) is 4.75. The lowest BCUT2D eigenvalue weighted by Crippen LogP contribution is -2.45. The standard InChI is InChI=1S/C22H24N2O7S/c1-3-31-20(26)13-19-24(14-18(25)23-8-10-30-11-9-23)21(27)17(32-19)12-15-4-6-16(7-5-15)22(28)29-2/h4-7,12-13H,3,8-11,14H2,1-2H3/b17-12+,19-13-. The van der Waals surface area contributed by atoms with Crippen molar-refractivity contribution in [1.29, 1.82) is 0 Å². The lowest BCUT2D eigenvalue weighted by atomic mass is 10.1. The second-order valence-corrected chi connectivity index (χ2v) is 7.91. The number of amides is 1. The number of benzene rings is 1. The average molecular weight is 461 g/mol. The van der Waals surface area contributed by atoms with E-state index < -0.39 is 11.9 Å². The summed E-state index contributed by atoms with van der Waals surface area (Å²) in [5, 5.41) is 0. The molecule has 1 aliphatic rings. The van der Waals surface area contributed by atoms with Gasteiger partial charge in [0.25, 0.3) is 5.56 Å². The molecule has 2 aromatic rings. The lowest BCUT2D eigenvalue weighted by Gasteiger charge is -2.26. The van der Waals surface area contributed by atoms with E-state index in [0.29, 0.717) is 46.6 Å². The number of methoxy groups -OCH3 is 1. The summed E-state index contributed by atoms with van der Waals surface area (Å²) in [6.07, 6.45) is 2.87. The minimum Gasteiger partial charge on any atom is -0.465 e. The van der Waals surface area contributed by atoms with Crippen LogP contribution in [0, 0.1) is 0 Å². The monoisotopic (exact) mass is 460 g/mol. The maximum absolute atomic E-state index is 13.1. The summed E-state index contributed by atoms with van der Waals surface area (Å²) in [6.45, 7) is 3.52. The van der Waals surface area contributed by atoms with Gasteiger partial charge in [-0.3, -0.25) is 14.2 Å². The van der Waals surface area contributed by atoms with Gasteiger partial charge in [0, 0.05) is 13.1 Å². The molecule has 2 heterocycles. The largest absolute Gasteiger partial charge is 0.465 e. The van der Waals surface area contributed by atoms with Crippen LogP contribution in [0.15, 0.2) is 29.1 Å². The number of nitrogens with zero attached hydrogens (tertiary/aromatic N) is 2. The van der Waals surface area contributed by atoms with E-state index in [1.165, 1.54) is 17.8 Å². The molecule has 1 aliphatic heterocycles. The van der Waals surface area contributed by atoms with E-state index in [4.69, 9.17) is 9.47 Å². The predicted molar refractivity (Wildman–Crippen MR) is 118 cm³/mol. The third kappa shape index (κ3) is 5.71. The molecule has 3 rings (SSSR count). The summed E-state index contributed by atoms with van der Waals surface area (Å²) in [7, 11) is 1.30. The van der Waals surface area contributed by atoms with E-state index in [0.717, 1.165) is 11.3 Å². The Morgan fingerprint density at radius 3 is 2.47 bits per heavy atom. The molecule has 170 valence electrons. The molecule has 1 saturated heterocycles. The number of esters is 2. The SMILES string of the molecule is CCOC(=O)/C=c1\s/c(=C/c2ccc(C(=O)OC)cc2)c(=O)n1CC(=O)N1CCOCC1. The van der Waals surface area contributed by atoms with E-state index in [1.807, 2.05) is 0 Å². The first-order chi connectivity index (χ1) is 15.4.